The van der Waals surface area contributed by atoms with Crippen LogP contribution in [0.3, 0.4) is 0 Å². The third-order valence-electron chi connectivity index (χ3n) is 4.23. The number of nitrogens with two attached hydrogens (primary N) is 3. The normalized spacial score (nSPS) is 10.8. The lowest BCUT2D eigenvalue weighted by Gasteiger charge is -2.24. The number of hydrogen-bond donors (Lipinski definition) is 3. The molecule has 0 heterocycles. The van der Waals surface area contributed by atoms with Gasteiger partial charge >= 0.3 is 0 Å². The summed E-state index contributed by atoms with van der Waals surface area (Å²) in [6.07, 6.45) is 5.97. The van der Waals surface area contributed by atoms with E-state index >= 15 is 0 Å². The van der Waals surface area contributed by atoms with E-state index in [4.69, 9.17) is 31.4 Å². The average Bonchev–Trinajstić information content (AvgIpc) is 2.65. The first-order valence-electron chi connectivity index (χ1n) is 9.91. The highest BCUT2D eigenvalue weighted by atomic mass is 16.5. The molecular weight excluding hydrogens is 330 g/mol. The number of unbranched alkanes of at least 4 members (excludes halogenated alkanes) is 3. The third-order valence-corrected chi connectivity index (χ3v) is 4.23. The molecule has 6 N–H and O–H groups in total. The molecule has 150 valence electrons. The number of hydrogen-bond acceptors (Lipinski definition) is 6. The monoisotopic (exact) mass is 367 g/mol. The van der Waals surface area contributed by atoms with Crippen molar-refractivity contribution in [1.82, 2.24) is 0 Å². The van der Waals surface area contributed by atoms with E-state index in [2.05, 4.69) is 20.8 Å². The van der Waals surface area contributed by atoms with E-state index < -0.39 is 0 Å². The summed E-state index contributed by atoms with van der Waals surface area (Å²) < 4.78 is 18.0. The molecule has 1 aromatic rings. The standard InChI is InChI=1S/C20H37N3O3/c1-4-7-10-24-18-15(13-21)19(25-11-8-5-2)17(23)20(16(18)14-22)26-12-9-6-3/h4-14,21-23H2,1-3H3. The van der Waals surface area contributed by atoms with Crippen LogP contribution in [0.5, 0.6) is 17.2 Å². The molecule has 0 spiro atoms. The van der Waals surface area contributed by atoms with Gasteiger partial charge in [-0.1, -0.05) is 40.0 Å². The van der Waals surface area contributed by atoms with Gasteiger partial charge in [-0.3, -0.25) is 0 Å². The number of ether oxygens (including phenoxy) is 3. The van der Waals surface area contributed by atoms with E-state index in [0.29, 0.717) is 42.8 Å². The highest BCUT2D eigenvalue weighted by molar-refractivity contribution is 5.74. The van der Waals surface area contributed by atoms with E-state index in [1.807, 2.05) is 0 Å². The average molecular weight is 368 g/mol. The predicted octanol–water partition coefficient (Wildman–Crippen LogP) is 3.72. The van der Waals surface area contributed by atoms with Crippen LogP contribution in [0.1, 0.15) is 70.4 Å². The summed E-state index contributed by atoms with van der Waals surface area (Å²) in [5, 5.41) is 0. The Morgan fingerprint density at radius 1 is 0.615 bits per heavy atom. The van der Waals surface area contributed by atoms with Crippen LogP contribution in [0.4, 0.5) is 5.69 Å². The molecule has 1 rings (SSSR count). The van der Waals surface area contributed by atoms with Crippen molar-refractivity contribution >= 4 is 5.69 Å². The van der Waals surface area contributed by atoms with Crippen molar-refractivity contribution < 1.29 is 14.2 Å². The minimum absolute atomic E-state index is 0.273. The summed E-state index contributed by atoms with van der Waals surface area (Å²) in [6.45, 7) is 8.67. The molecule has 0 aliphatic rings. The summed E-state index contributed by atoms with van der Waals surface area (Å²) in [6, 6.07) is 0. The molecule has 0 saturated heterocycles. The van der Waals surface area contributed by atoms with E-state index in [1.54, 1.807) is 0 Å². The van der Waals surface area contributed by atoms with Crippen molar-refractivity contribution in [2.45, 2.75) is 72.4 Å². The second-order valence-electron chi connectivity index (χ2n) is 6.37. The summed E-state index contributed by atoms with van der Waals surface area (Å²) in [5.74, 6) is 1.84. The number of rotatable bonds is 14. The Morgan fingerprint density at radius 2 is 0.962 bits per heavy atom. The molecule has 0 aliphatic carbocycles. The minimum atomic E-state index is 0.273. The topological polar surface area (TPSA) is 106 Å². The van der Waals surface area contributed by atoms with Gasteiger partial charge in [0.25, 0.3) is 0 Å². The van der Waals surface area contributed by atoms with Crippen molar-refractivity contribution in [2.75, 3.05) is 25.6 Å². The Balaban J connectivity index is 3.35. The van der Waals surface area contributed by atoms with Gasteiger partial charge in [0.15, 0.2) is 11.5 Å². The zero-order valence-electron chi connectivity index (χ0n) is 16.7. The number of nitrogen functional groups attached to an aromatic ring is 1. The van der Waals surface area contributed by atoms with Crippen LogP contribution in [-0.4, -0.2) is 19.8 Å². The molecular formula is C20H37N3O3. The summed E-state index contributed by atoms with van der Waals surface area (Å²) in [4.78, 5) is 0. The van der Waals surface area contributed by atoms with Gasteiger partial charge < -0.3 is 31.4 Å². The lowest BCUT2D eigenvalue weighted by molar-refractivity contribution is 0.274. The number of anilines is 1. The minimum Gasteiger partial charge on any atom is -0.493 e. The molecule has 6 heteroatoms. The van der Waals surface area contributed by atoms with Crippen molar-refractivity contribution in [3.8, 4) is 17.2 Å². The molecule has 0 saturated carbocycles. The molecule has 0 amide bonds. The molecule has 1 aromatic carbocycles. The lowest BCUT2D eigenvalue weighted by Crippen LogP contribution is -2.16. The zero-order chi connectivity index (χ0) is 19.4. The largest absolute Gasteiger partial charge is 0.493 e. The molecule has 0 aliphatic heterocycles. The van der Waals surface area contributed by atoms with Crippen LogP contribution < -0.4 is 31.4 Å². The maximum atomic E-state index is 6.41. The van der Waals surface area contributed by atoms with Gasteiger partial charge in [-0.15, -0.1) is 0 Å². The maximum absolute atomic E-state index is 6.41. The molecule has 0 fully saturated rings. The second-order valence-corrected chi connectivity index (χ2v) is 6.37. The summed E-state index contributed by atoms with van der Waals surface area (Å²) >= 11 is 0. The highest BCUT2D eigenvalue weighted by Gasteiger charge is 2.24. The third kappa shape index (κ3) is 5.95. The van der Waals surface area contributed by atoms with Gasteiger partial charge in [0, 0.05) is 13.1 Å². The Kier molecular flexibility index (Phi) is 10.9. The smallest absolute Gasteiger partial charge is 0.154 e. The highest BCUT2D eigenvalue weighted by Crippen LogP contribution is 2.46. The van der Waals surface area contributed by atoms with Crippen molar-refractivity contribution in [1.29, 1.82) is 0 Å². The molecule has 0 atom stereocenters. The fourth-order valence-electron chi connectivity index (χ4n) is 2.65. The van der Waals surface area contributed by atoms with Crippen LogP contribution >= 0.6 is 0 Å². The van der Waals surface area contributed by atoms with E-state index in [1.165, 1.54) is 0 Å². The van der Waals surface area contributed by atoms with Gasteiger partial charge in [0.2, 0.25) is 0 Å². The first-order chi connectivity index (χ1) is 12.7. The maximum Gasteiger partial charge on any atom is 0.154 e. The van der Waals surface area contributed by atoms with Gasteiger partial charge in [0.05, 0.1) is 30.9 Å². The number of benzene rings is 1. The van der Waals surface area contributed by atoms with Gasteiger partial charge in [0.1, 0.15) is 11.4 Å². The van der Waals surface area contributed by atoms with E-state index in [0.717, 1.165) is 49.7 Å². The van der Waals surface area contributed by atoms with Crippen LogP contribution in [0.25, 0.3) is 0 Å². The lowest BCUT2D eigenvalue weighted by atomic mass is 10.0. The molecule has 0 unspecified atom stereocenters. The Morgan fingerprint density at radius 3 is 1.27 bits per heavy atom. The fraction of sp³-hybridized carbons (Fsp3) is 0.700. The second kappa shape index (κ2) is 12.7. The van der Waals surface area contributed by atoms with E-state index in [-0.39, 0.29) is 13.1 Å². The first kappa shape index (κ1) is 22.4. The van der Waals surface area contributed by atoms with Gasteiger partial charge in [-0.2, -0.15) is 0 Å². The quantitative estimate of drug-likeness (QED) is 0.342. The van der Waals surface area contributed by atoms with Crippen molar-refractivity contribution in [3.05, 3.63) is 11.1 Å². The Hall–Kier alpha value is -1.66. The van der Waals surface area contributed by atoms with Crippen LogP contribution in [-0.2, 0) is 13.1 Å². The fourth-order valence-corrected chi connectivity index (χ4v) is 2.65. The Bertz CT molecular complexity index is 497. The van der Waals surface area contributed by atoms with Crippen LogP contribution in [0.2, 0.25) is 0 Å². The predicted molar refractivity (Wildman–Crippen MR) is 108 cm³/mol. The summed E-state index contributed by atoms with van der Waals surface area (Å²) in [5.41, 5.74) is 20.5. The molecule has 0 bridgehead atoms. The Labute approximate surface area is 158 Å². The van der Waals surface area contributed by atoms with Crippen LogP contribution in [0, 0.1) is 0 Å². The van der Waals surface area contributed by atoms with Crippen molar-refractivity contribution in [3.63, 3.8) is 0 Å². The summed E-state index contributed by atoms with van der Waals surface area (Å²) in [7, 11) is 0. The zero-order valence-corrected chi connectivity index (χ0v) is 16.7. The molecule has 0 radical (unpaired) electrons. The molecule has 6 nitrogen and oxygen atoms in total. The molecule has 0 aromatic heterocycles. The van der Waals surface area contributed by atoms with Gasteiger partial charge in [-0.05, 0) is 19.3 Å². The molecule has 26 heavy (non-hydrogen) atoms. The van der Waals surface area contributed by atoms with E-state index in [9.17, 15) is 0 Å². The van der Waals surface area contributed by atoms with Crippen molar-refractivity contribution in [2.24, 2.45) is 11.5 Å². The van der Waals surface area contributed by atoms with Gasteiger partial charge in [-0.25, -0.2) is 0 Å². The first-order valence-corrected chi connectivity index (χ1v) is 9.91. The van der Waals surface area contributed by atoms with Crippen LogP contribution in [0.15, 0.2) is 0 Å². The SMILES string of the molecule is CCCCOc1c(N)c(OCCCC)c(CN)c(OCCCC)c1CN.